The minimum atomic E-state index is -0.0421. The van der Waals surface area contributed by atoms with Crippen molar-refractivity contribution in [1.29, 1.82) is 0 Å². The molecule has 0 atom stereocenters. The Hall–Kier alpha value is -1.45. The van der Waals surface area contributed by atoms with Gasteiger partial charge in [-0.2, -0.15) is 0 Å². The van der Waals surface area contributed by atoms with Crippen molar-refractivity contribution in [3.63, 3.8) is 0 Å². The molecule has 0 bridgehead atoms. The van der Waals surface area contributed by atoms with Crippen LogP contribution in [0.25, 0.3) is 0 Å². The van der Waals surface area contributed by atoms with Crippen LogP contribution in [-0.4, -0.2) is 11.8 Å². The summed E-state index contributed by atoms with van der Waals surface area (Å²) in [4.78, 5) is 13.0. The summed E-state index contributed by atoms with van der Waals surface area (Å²) in [6, 6.07) is 15.1. The van der Waals surface area contributed by atoms with E-state index in [-0.39, 0.29) is 5.91 Å². The fourth-order valence-electron chi connectivity index (χ4n) is 1.64. The SMILES string of the molecule is Cc1ccccc1C(=O)NCSc1ccc(Cl)cc1. The highest BCUT2D eigenvalue weighted by atomic mass is 35.5. The lowest BCUT2D eigenvalue weighted by Crippen LogP contribution is -2.23. The van der Waals surface area contributed by atoms with Gasteiger partial charge in [-0.1, -0.05) is 29.8 Å². The third-order valence-corrected chi connectivity index (χ3v) is 3.82. The number of nitrogens with one attached hydrogen (secondary N) is 1. The van der Waals surface area contributed by atoms with Crippen molar-refractivity contribution < 1.29 is 4.79 Å². The zero-order chi connectivity index (χ0) is 13.7. The van der Waals surface area contributed by atoms with E-state index in [2.05, 4.69) is 5.32 Å². The fraction of sp³-hybridized carbons (Fsp3) is 0.133. The highest BCUT2D eigenvalue weighted by Crippen LogP contribution is 2.19. The summed E-state index contributed by atoms with van der Waals surface area (Å²) >= 11 is 7.38. The highest BCUT2D eigenvalue weighted by molar-refractivity contribution is 7.99. The highest BCUT2D eigenvalue weighted by Gasteiger charge is 2.07. The minimum Gasteiger partial charge on any atom is -0.343 e. The molecule has 0 saturated carbocycles. The maximum atomic E-state index is 12.0. The van der Waals surface area contributed by atoms with Crippen molar-refractivity contribution in [3.8, 4) is 0 Å². The van der Waals surface area contributed by atoms with Gasteiger partial charge in [0.15, 0.2) is 0 Å². The van der Waals surface area contributed by atoms with Gasteiger partial charge in [-0.05, 0) is 42.8 Å². The molecule has 0 aliphatic heterocycles. The molecule has 2 nitrogen and oxygen atoms in total. The van der Waals surface area contributed by atoms with E-state index < -0.39 is 0 Å². The summed E-state index contributed by atoms with van der Waals surface area (Å²) in [7, 11) is 0. The zero-order valence-corrected chi connectivity index (χ0v) is 12.1. The quantitative estimate of drug-likeness (QED) is 0.678. The standard InChI is InChI=1S/C15H14ClNOS/c1-11-4-2-3-5-14(11)15(18)17-10-19-13-8-6-12(16)7-9-13/h2-9H,10H2,1H3,(H,17,18). The van der Waals surface area contributed by atoms with Gasteiger partial charge in [0.25, 0.3) is 5.91 Å². The van der Waals surface area contributed by atoms with Gasteiger partial charge in [0.1, 0.15) is 0 Å². The lowest BCUT2D eigenvalue weighted by Gasteiger charge is -2.07. The zero-order valence-electron chi connectivity index (χ0n) is 10.5. The molecule has 2 aromatic carbocycles. The smallest absolute Gasteiger partial charge is 0.252 e. The monoisotopic (exact) mass is 291 g/mol. The molecule has 98 valence electrons. The van der Waals surface area contributed by atoms with Crippen LogP contribution in [0.5, 0.6) is 0 Å². The molecule has 0 aliphatic rings. The van der Waals surface area contributed by atoms with Gasteiger partial charge in [0, 0.05) is 15.5 Å². The van der Waals surface area contributed by atoms with Crippen LogP contribution in [0, 0.1) is 6.92 Å². The van der Waals surface area contributed by atoms with Crippen LogP contribution >= 0.6 is 23.4 Å². The third kappa shape index (κ3) is 4.01. The Morgan fingerprint density at radius 3 is 2.53 bits per heavy atom. The third-order valence-electron chi connectivity index (χ3n) is 2.67. The van der Waals surface area contributed by atoms with E-state index in [9.17, 15) is 4.79 Å². The van der Waals surface area contributed by atoms with Crippen molar-refractivity contribution in [2.24, 2.45) is 0 Å². The normalized spacial score (nSPS) is 10.2. The Bertz CT molecular complexity index is 569. The van der Waals surface area contributed by atoms with Gasteiger partial charge in [0.05, 0.1) is 5.88 Å². The van der Waals surface area contributed by atoms with Gasteiger partial charge in [-0.3, -0.25) is 4.79 Å². The molecule has 19 heavy (non-hydrogen) atoms. The first-order valence-corrected chi connectivity index (χ1v) is 7.25. The maximum absolute atomic E-state index is 12.0. The molecule has 2 rings (SSSR count). The molecule has 1 amide bonds. The summed E-state index contributed by atoms with van der Waals surface area (Å²) in [6.07, 6.45) is 0. The average Bonchev–Trinajstić information content (AvgIpc) is 2.41. The molecule has 0 fully saturated rings. The second kappa shape index (κ2) is 6.64. The van der Waals surface area contributed by atoms with Crippen molar-refractivity contribution >= 4 is 29.3 Å². The number of benzene rings is 2. The Kier molecular flexibility index (Phi) is 4.88. The van der Waals surface area contributed by atoms with Crippen LogP contribution in [-0.2, 0) is 0 Å². The average molecular weight is 292 g/mol. The molecular formula is C15H14ClNOS. The van der Waals surface area contributed by atoms with E-state index in [4.69, 9.17) is 11.6 Å². The van der Waals surface area contributed by atoms with Gasteiger partial charge in [-0.25, -0.2) is 0 Å². The molecule has 0 spiro atoms. The van der Waals surface area contributed by atoms with Crippen LogP contribution in [0.15, 0.2) is 53.4 Å². The molecule has 4 heteroatoms. The van der Waals surface area contributed by atoms with Crippen LogP contribution in [0.3, 0.4) is 0 Å². The molecule has 0 aromatic heterocycles. The molecule has 0 heterocycles. The summed E-state index contributed by atoms with van der Waals surface area (Å²) in [5.41, 5.74) is 1.70. The van der Waals surface area contributed by atoms with Crippen LogP contribution in [0.4, 0.5) is 0 Å². The van der Waals surface area contributed by atoms with E-state index >= 15 is 0 Å². The summed E-state index contributed by atoms with van der Waals surface area (Å²) in [6.45, 7) is 1.93. The number of amides is 1. The van der Waals surface area contributed by atoms with Gasteiger partial charge in [0.2, 0.25) is 0 Å². The summed E-state index contributed by atoms with van der Waals surface area (Å²) < 4.78 is 0. The largest absolute Gasteiger partial charge is 0.343 e. The van der Waals surface area contributed by atoms with Gasteiger partial charge >= 0.3 is 0 Å². The second-order valence-corrected chi connectivity index (χ2v) is 5.55. The number of hydrogen-bond donors (Lipinski definition) is 1. The number of aryl methyl sites for hydroxylation is 1. The Labute approximate surface area is 122 Å². The van der Waals surface area contributed by atoms with Crippen molar-refractivity contribution in [1.82, 2.24) is 5.32 Å². The molecule has 0 aliphatic carbocycles. The van der Waals surface area contributed by atoms with E-state index in [0.29, 0.717) is 10.9 Å². The van der Waals surface area contributed by atoms with E-state index in [0.717, 1.165) is 16.0 Å². The number of halogens is 1. The summed E-state index contributed by atoms with van der Waals surface area (Å²) in [5, 5.41) is 3.61. The predicted octanol–water partition coefficient (Wildman–Crippen LogP) is 4.13. The van der Waals surface area contributed by atoms with Crippen molar-refractivity contribution in [2.45, 2.75) is 11.8 Å². The molecule has 0 unspecified atom stereocenters. The maximum Gasteiger partial charge on any atom is 0.252 e. The second-order valence-electron chi connectivity index (χ2n) is 4.06. The minimum absolute atomic E-state index is 0.0421. The van der Waals surface area contributed by atoms with Crippen LogP contribution in [0.1, 0.15) is 15.9 Å². The number of carbonyl (C=O) groups is 1. The van der Waals surface area contributed by atoms with Gasteiger partial charge in [-0.15, -0.1) is 11.8 Å². The van der Waals surface area contributed by atoms with E-state index in [1.54, 1.807) is 11.8 Å². The number of hydrogen-bond acceptors (Lipinski definition) is 2. The molecule has 0 radical (unpaired) electrons. The topological polar surface area (TPSA) is 29.1 Å². The number of carbonyl (C=O) groups excluding carboxylic acids is 1. The lowest BCUT2D eigenvalue weighted by atomic mass is 10.1. The Morgan fingerprint density at radius 2 is 1.84 bits per heavy atom. The van der Waals surface area contributed by atoms with Crippen LogP contribution in [0.2, 0.25) is 5.02 Å². The molecular weight excluding hydrogens is 278 g/mol. The first-order chi connectivity index (χ1) is 9.16. The van der Waals surface area contributed by atoms with E-state index in [1.807, 2.05) is 55.5 Å². The van der Waals surface area contributed by atoms with Crippen molar-refractivity contribution in [3.05, 3.63) is 64.7 Å². The Balaban J connectivity index is 1.88. The number of rotatable bonds is 4. The Morgan fingerprint density at radius 1 is 1.16 bits per heavy atom. The predicted molar refractivity (Wildman–Crippen MR) is 80.8 cm³/mol. The molecule has 0 saturated heterocycles. The molecule has 1 N–H and O–H groups in total. The van der Waals surface area contributed by atoms with Crippen molar-refractivity contribution in [2.75, 3.05) is 5.88 Å². The van der Waals surface area contributed by atoms with Crippen LogP contribution < -0.4 is 5.32 Å². The van der Waals surface area contributed by atoms with E-state index in [1.165, 1.54) is 0 Å². The first kappa shape index (κ1) is 14.0. The molecule has 2 aromatic rings. The van der Waals surface area contributed by atoms with Gasteiger partial charge < -0.3 is 5.32 Å². The lowest BCUT2D eigenvalue weighted by molar-refractivity contribution is 0.0960. The fourth-order valence-corrected chi connectivity index (χ4v) is 2.46. The summed E-state index contributed by atoms with van der Waals surface area (Å²) in [5.74, 6) is 0.494. The number of thioether (sulfide) groups is 1. The first-order valence-electron chi connectivity index (χ1n) is 5.89.